The number of hydrogen-bond donors (Lipinski definition) is 0. The topological polar surface area (TPSA) is 66.9 Å². The van der Waals surface area contributed by atoms with Crippen LogP contribution >= 0.6 is 56.9 Å². The zero-order chi connectivity index (χ0) is 25.2. The number of likely N-dealkylation sites (tertiary alicyclic amines) is 1. The highest BCUT2D eigenvalue weighted by Gasteiger charge is 2.37. The molecule has 5 rings (SSSR count). The Labute approximate surface area is 240 Å². The molecule has 0 bridgehead atoms. The van der Waals surface area contributed by atoms with Gasteiger partial charge in [0.05, 0.1) is 12.0 Å². The molecule has 0 aromatic heterocycles. The van der Waals surface area contributed by atoms with Crippen molar-refractivity contribution in [3.63, 3.8) is 0 Å². The maximum atomic E-state index is 12.9. The minimum absolute atomic E-state index is 0.173. The van der Waals surface area contributed by atoms with Crippen molar-refractivity contribution in [1.29, 1.82) is 0 Å². The number of imide groups is 1. The van der Waals surface area contributed by atoms with E-state index in [0.717, 1.165) is 53.5 Å². The fraction of sp³-hybridized carbons (Fsp3) is 0.222. The molecule has 2 heterocycles. The fourth-order valence-electron chi connectivity index (χ4n) is 4.27. The molecule has 3 aromatic rings. The summed E-state index contributed by atoms with van der Waals surface area (Å²) in [6, 6.07) is 18.4. The third-order valence-corrected chi connectivity index (χ3v) is 8.65. The minimum atomic E-state index is -0.417. The summed E-state index contributed by atoms with van der Waals surface area (Å²) in [7, 11) is 0. The van der Waals surface area contributed by atoms with E-state index in [1.165, 1.54) is 10.8 Å². The lowest BCUT2D eigenvalue weighted by molar-refractivity contribution is -0.135. The Morgan fingerprint density at radius 1 is 0.972 bits per heavy atom. The van der Waals surface area contributed by atoms with Gasteiger partial charge >= 0.3 is 0 Å². The van der Waals surface area contributed by atoms with Crippen molar-refractivity contribution in [1.82, 2.24) is 9.80 Å². The van der Waals surface area contributed by atoms with Crippen LogP contribution in [0, 0.1) is 7.14 Å². The highest BCUT2D eigenvalue weighted by atomic mass is 127. The van der Waals surface area contributed by atoms with Gasteiger partial charge in [-0.1, -0.05) is 36.4 Å². The number of ether oxygens (including phenoxy) is 1. The molecule has 2 fully saturated rings. The van der Waals surface area contributed by atoms with E-state index in [-0.39, 0.29) is 12.5 Å². The van der Waals surface area contributed by atoms with Crippen molar-refractivity contribution in [2.75, 3.05) is 19.6 Å². The van der Waals surface area contributed by atoms with Crippen molar-refractivity contribution in [2.45, 2.75) is 19.4 Å². The van der Waals surface area contributed by atoms with E-state index in [4.69, 9.17) is 4.74 Å². The van der Waals surface area contributed by atoms with Crippen molar-refractivity contribution < 1.29 is 19.1 Å². The van der Waals surface area contributed by atoms with Gasteiger partial charge in [0.25, 0.3) is 11.1 Å². The summed E-state index contributed by atoms with van der Waals surface area (Å²) in [5.74, 6) is 0.193. The summed E-state index contributed by atoms with van der Waals surface area (Å²) in [6.45, 7) is 1.63. The van der Waals surface area contributed by atoms with Gasteiger partial charge in [-0.3, -0.25) is 19.3 Å². The molecule has 36 heavy (non-hydrogen) atoms. The van der Waals surface area contributed by atoms with Crippen LogP contribution in [0.3, 0.4) is 0 Å². The molecule has 0 spiro atoms. The van der Waals surface area contributed by atoms with Crippen LogP contribution in [0.4, 0.5) is 4.79 Å². The molecule has 6 nitrogen and oxygen atoms in total. The summed E-state index contributed by atoms with van der Waals surface area (Å²) >= 11 is 5.33. The largest absolute Gasteiger partial charge is 0.487 e. The van der Waals surface area contributed by atoms with Gasteiger partial charge in [0, 0.05) is 13.1 Å². The van der Waals surface area contributed by atoms with Gasteiger partial charge in [0.2, 0.25) is 5.91 Å². The first-order valence-electron chi connectivity index (χ1n) is 11.5. The molecule has 0 unspecified atom stereocenters. The number of rotatable bonds is 6. The van der Waals surface area contributed by atoms with Gasteiger partial charge in [-0.2, -0.15) is 0 Å². The van der Waals surface area contributed by atoms with Gasteiger partial charge in [0.1, 0.15) is 18.9 Å². The van der Waals surface area contributed by atoms with Crippen molar-refractivity contribution in [3.8, 4) is 5.75 Å². The smallest absolute Gasteiger partial charge is 0.294 e. The lowest BCUT2D eigenvalue weighted by Gasteiger charge is -2.18. The van der Waals surface area contributed by atoms with Crippen LogP contribution in [-0.2, 0) is 16.2 Å². The third-order valence-electron chi connectivity index (χ3n) is 6.14. The van der Waals surface area contributed by atoms with Crippen LogP contribution in [0.2, 0.25) is 0 Å². The number of benzene rings is 3. The monoisotopic (exact) mass is 724 g/mol. The summed E-state index contributed by atoms with van der Waals surface area (Å²) in [5, 5.41) is 1.97. The number of fused-ring (bicyclic) bond motifs is 1. The number of thioether (sulfide) groups is 1. The Morgan fingerprint density at radius 2 is 1.67 bits per heavy atom. The Morgan fingerprint density at radius 3 is 2.39 bits per heavy atom. The SMILES string of the molecule is O=C(CN1C(=O)S/C(=C/c2cc(I)c(OCc3ccc4ccccc4c3)c(I)c2)C1=O)N1CCCC1. The Kier molecular flexibility index (Phi) is 7.87. The molecular weight excluding hydrogens is 702 g/mol. The zero-order valence-electron chi connectivity index (χ0n) is 19.2. The second-order valence-corrected chi connectivity index (χ2v) is 12.0. The van der Waals surface area contributed by atoms with Gasteiger partial charge in [0.15, 0.2) is 0 Å². The van der Waals surface area contributed by atoms with E-state index in [9.17, 15) is 14.4 Å². The van der Waals surface area contributed by atoms with Crippen molar-refractivity contribution in [3.05, 3.63) is 77.8 Å². The molecule has 2 aliphatic rings. The number of carbonyl (C=O) groups is 3. The van der Waals surface area contributed by atoms with E-state index in [1.807, 2.05) is 24.3 Å². The van der Waals surface area contributed by atoms with Gasteiger partial charge < -0.3 is 9.64 Å². The average molecular weight is 724 g/mol. The van der Waals surface area contributed by atoms with Crippen LogP contribution in [0.15, 0.2) is 59.5 Å². The summed E-state index contributed by atoms with van der Waals surface area (Å²) in [6.07, 6.45) is 3.64. The zero-order valence-corrected chi connectivity index (χ0v) is 24.3. The summed E-state index contributed by atoms with van der Waals surface area (Å²) in [5.41, 5.74) is 1.89. The number of carbonyl (C=O) groups excluding carboxylic acids is 3. The van der Waals surface area contributed by atoms with Crippen LogP contribution in [-0.4, -0.2) is 46.5 Å². The minimum Gasteiger partial charge on any atom is -0.487 e. The number of hydrogen-bond acceptors (Lipinski definition) is 5. The average Bonchev–Trinajstić information content (AvgIpc) is 3.48. The van der Waals surface area contributed by atoms with E-state index in [1.54, 1.807) is 11.0 Å². The molecule has 3 amide bonds. The van der Waals surface area contributed by atoms with Gasteiger partial charge in [-0.15, -0.1) is 0 Å². The van der Waals surface area contributed by atoms with Gasteiger partial charge in [-0.05, 0) is 116 Å². The first kappa shape index (κ1) is 25.5. The van der Waals surface area contributed by atoms with E-state index >= 15 is 0 Å². The van der Waals surface area contributed by atoms with Crippen molar-refractivity contribution in [2.24, 2.45) is 0 Å². The van der Waals surface area contributed by atoms with Crippen molar-refractivity contribution >= 4 is 90.8 Å². The quantitative estimate of drug-likeness (QED) is 0.221. The van der Waals surface area contributed by atoms with Crippen LogP contribution in [0.1, 0.15) is 24.0 Å². The maximum absolute atomic E-state index is 12.9. The molecule has 0 atom stereocenters. The molecule has 0 aliphatic carbocycles. The van der Waals surface area contributed by atoms with Crippen LogP contribution in [0.5, 0.6) is 5.75 Å². The number of amides is 3. The number of nitrogens with zero attached hydrogens (tertiary/aromatic N) is 2. The fourth-order valence-corrected chi connectivity index (χ4v) is 7.24. The normalized spacial score (nSPS) is 17.0. The lowest BCUT2D eigenvalue weighted by atomic mass is 10.1. The predicted octanol–water partition coefficient (Wildman–Crippen LogP) is 6.29. The Bertz CT molecular complexity index is 1380. The summed E-state index contributed by atoms with van der Waals surface area (Å²) < 4.78 is 7.99. The first-order chi connectivity index (χ1) is 17.4. The van der Waals surface area contributed by atoms with Crippen LogP contribution in [0.25, 0.3) is 16.8 Å². The molecular formula is C27H22I2N2O4S. The Hall–Kier alpha value is -2.12. The second kappa shape index (κ2) is 11.1. The standard InChI is InChI=1S/C27H22I2N2O4S/c28-21-12-18(14-23-26(33)31(27(34)36-23)15-24(32)30-9-3-4-10-30)13-22(29)25(21)35-16-17-7-8-19-5-1-2-6-20(19)11-17/h1-2,5-8,11-14H,3-4,9-10,15-16H2/b23-14+. The molecule has 9 heteroatoms. The maximum Gasteiger partial charge on any atom is 0.294 e. The number of halogens is 2. The molecule has 2 saturated heterocycles. The molecule has 0 saturated carbocycles. The Balaban J connectivity index is 1.28. The van der Waals surface area contributed by atoms with E-state index < -0.39 is 11.1 Å². The second-order valence-electron chi connectivity index (χ2n) is 8.64. The van der Waals surface area contributed by atoms with E-state index in [2.05, 4.69) is 75.5 Å². The summed E-state index contributed by atoms with van der Waals surface area (Å²) in [4.78, 5) is 40.9. The molecule has 0 N–H and O–H groups in total. The van der Waals surface area contributed by atoms with Crippen LogP contribution < -0.4 is 4.74 Å². The highest BCUT2D eigenvalue weighted by Crippen LogP contribution is 2.35. The van der Waals surface area contributed by atoms with Gasteiger partial charge in [-0.25, -0.2) is 0 Å². The third kappa shape index (κ3) is 5.57. The molecule has 3 aromatic carbocycles. The predicted molar refractivity (Wildman–Crippen MR) is 159 cm³/mol. The molecule has 184 valence electrons. The first-order valence-corrected chi connectivity index (χ1v) is 14.5. The lowest BCUT2D eigenvalue weighted by Crippen LogP contribution is -2.40. The molecule has 0 radical (unpaired) electrons. The van der Waals surface area contributed by atoms with E-state index in [0.29, 0.717) is 24.6 Å². The molecule has 2 aliphatic heterocycles. The highest BCUT2D eigenvalue weighted by molar-refractivity contribution is 14.1.